The van der Waals surface area contributed by atoms with Crippen LogP contribution in [0.4, 0.5) is 0 Å². The molecule has 0 unspecified atom stereocenters. The van der Waals surface area contributed by atoms with Gasteiger partial charge in [-0.3, -0.25) is 0 Å². The summed E-state index contributed by atoms with van der Waals surface area (Å²) in [7, 11) is 0. The molecule has 0 N–H and O–H groups in total. The van der Waals surface area contributed by atoms with Gasteiger partial charge in [0.25, 0.3) is 0 Å². The summed E-state index contributed by atoms with van der Waals surface area (Å²) in [5, 5.41) is 0. The first kappa shape index (κ1) is 10.6. The van der Waals surface area contributed by atoms with E-state index in [1.807, 2.05) is 31.2 Å². The second-order valence-corrected chi connectivity index (χ2v) is 1.91. The summed E-state index contributed by atoms with van der Waals surface area (Å²) >= 11 is 0. The zero-order valence-electron chi connectivity index (χ0n) is 6.54. The van der Waals surface area contributed by atoms with Gasteiger partial charge in [-0.2, -0.15) is 0 Å². The van der Waals surface area contributed by atoms with Gasteiger partial charge in [-0.05, 0) is 12.5 Å². The Kier molecular flexibility index (Phi) is 6.69. The zero-order valence-corrected chi connectivity index (χ0v) is 9.66. The molecule has 47 valence electrons. The van der Waals surface area contributed by atoms with Gasteiger partial charge in [-0.1, -0.05) is 42.5 Å². The first-order valence-electron chi connectivity index (χ1n) is 3.11. The molecule has 1 heteroatoms. The molecule has 0 aliphatic carbocycles. The molecule has 0 aliphatic heterocycles. The van der Waals surface area contributed by atoms with Crippen LogP contribution in [-0.4, -0.2) is 51.4 Å². The first-order valence-corrected chi connectivity index (χ1v) is 3.11. The number of hydrogen-bond acceptors (Lipinski definition) is 0. The molecule has 1 aromatic carbocycles. The van der Waals surface area contributed by atoms with Crippen molar-refractivity contribution in [2.75, 3.05) is 0 Å². The van der Waals surface area contributed by atoms with Crippen molar-refractivity contribution in [3.8, 4) is 0 Å². The maximum absolute atomic E-state index is 2.08. The monoisotopic (exact) mass is 157 g/mol. The summed E-state index contributed by atoms with van der Waals surface area (Å²) in [6, 6.07) is 10.3. The third-order valence-electron chi connectivity index (χ3n) is 1.16. The van der Waals surface area contributed by atoms with Gasteiger partial charge in [0.15, 0.2) is 0 Å². The van der Waals surface area contributed by atoms with Gasteiger partial charge in [-0.15, -0.1) is 0 Å². The van der Waals surface area contributed by atoms with Crippen molar-refractivity contribution < 1.29 is 0 Å². The van der Waals surface area contributed by atoms with Gasteiger partial charge in [0.05, 0.1) is 0 Å². The van der Waals surface area contributed by atoms with Crippen LogP contribution in [0.25, 0.3) is 6.08 Å². The van der Waals surface area contributed by atoms with E-state index in [4.69, 9.17) is 0 Å². The second kappa shape index (κ2) is 6.32. The Bertz CT molecular complexity index is 189. The Morgan fingerprint density at radius 3 is 2.20 bits per heavy atom. The van der Waals surface area contributed by atoms with E-state index in [0.717, 1.165) is 0 Å². The van der Waals surface area contributed by atoms with Gasteiger partial charge in [-0.25, -0.2) is 0 Å². The van der Waals surface area contributed by atoms with Crippen molar-refractivity contribution >= 4 is 57.5 Å². The number of allylic oxidation sites excluding steroid dienone is 1. The summed E-state index contributed by atoms with van der Waals surface area (Å²) < 4.78 is 0. The summed E-state index contributed by atoms with van der Waals surface area (Å²) in [5.41, 5.74) is 1.26. The van der Waals surface area contributed by atoms with E-state index in [0.29, 0.717) is 0 Å². The summed E-state index contributed by atoms with van der Waals surface area (Å²) in [4.78, 5) is 0. The third kappa shape index (κ3) is 3.69. The quantitative estimate of drug-likeness (QED) is 0.549. The molecule has 0 nitrogen and oxygen atoms in total. The Hall–Kier alpha value is 0.596. The van der Waals surface area contributed by atoms with Gasteiger partial charge in [0.1, 0.15) is 0 Å². The molecule has 1 aromatic rings. The molecule has 0 spiro atoms. The first-order chi connectivity index (χ1) is 4.43. The van der Waals surface area contributed by atoms with Crippen molar-refractivity contribution in [1.29, 1.82) is 0 Å². The van der Waals surface area contributed by atoms with Crippen LogP contribution < -0.4 is 0 Å². The summed E-state index contributed by atoms with van der Waals surface area (Å²) in [5.74, 6) is 0. The number of hydrogen-bond donors (Lipinski definition) is 0. The fourth-order valence-corrected chi connectivity index (χ4v) is 0.757. The maximum Gasteiger partial charge on any atom is 0 e. The molecule has 1 rings (SSSR count). The van der Waals surface area contributed by atoms with Crippen LogP contribution in [0, 0.1) is 0 Å². The maximum atomic E-state index is 2.08. The van der Waals surface area contributed by atoms with Crippen molar-refractivity contribution in [3.05, 3.63) is 42.0 Å². The third-order valence-corrected chi connectivity index (χ3v) is 1.16. The van der Waals surface area contributed by atoms with Crippen molar-refractivity contribution in [2.24, 2.45) is 0 Å². The van der Waals surface area contributed by atoms with E-state index in [-0.39, 0.29) is 51.4 Å². The Balaban J connectivity index is 0.000000810. The zero-order chi connectivity index (χ0) is 6.53. The fraction of sp³-hybridized carbons (Fsp3) is 0.111. The van der Waals surface area contributed by atoms with Crippen LogP contribution in [0.5, 0.6) is 0 Å². The molecule has 0 fully saturated rings. The molecule has 0 aliphatic rings. The Morgan fingerprint density at radius 2 is 1.70 bits per heavy atom. The van der Waals surface area contributed by atoms with E-state index in [2.05, 4.69) is 18.2 Å². The van der Waals surface area contributed by atoms with Crippen LogP contribution in [-0.2, 0) is 0 Å². The van der Waals surface area contributed by atoms with Crippen LogP contribution in [0.3, 0.4) is 0 Å². The van der Waals surface area contributed by atoms with Crippen molar-refractivity contribution in [2.45, 2.75) is 6.92 Å². The van der Waals surface area contributed by atoms with Crippen molar-refractivity contribution in [3.63, 3.8) is 0 Å². The molecule has 0 saturated heterocycles. The molecule has 0 atom stereocenters. The average Bonchev–Trinajstić information content (AvgIpc) is 1.91. The molecule has 0 aromatic heterocycles. The topological polar surface area (TPSA) is 0 Å². The molecule has 0 heterocycles. The molecule has 0 bridgehead atoms. The van der Waals surface area contributed by atoms with Crippen LogP contribution in [0.1, 0.15) is 12.5 Å². The van der Waals surface area contributed by atoms with E-state index in [1.54, 1.807) is 0 Å². The van der Waals surface area contributed by atoms with E-state index in [9.17, 15) is 0 Å². The minimum absolute atomic E-state index is 0. The molecular formula is C9H10K. The summed E-state index contributed by atoms with van der Waals surface area (Å²) in [6.07, 6.45) is 4.12. The number of rotatable bonds is 1. The van der Waals surface area contributed by atoms with Crippen LogP contribution >= 0.6 is 0 Å². The summed E-state index contributed by atoms with van der Waals surface area (Å²) in [6.45, 7) is 2.02. The van der Waals surface area contributed by atoms with Gasteiger partial charge >= 0.3 is 0 Å². The fourth-order valence-electron chi connectivity index (χ4n) is 0.757. The van der Waals surface area contributed by atoms with Crippen LogP contribution in [0.2, 0.25) is 0 Å². The molecule has 1 radical (unpaired) electrons. The SMILES string of the molecule is CC=Cc1ccccc1.[K]. The average molecular weight is 157 g/mol. The van der Waals surface area contributed by atoms with Gasteiger partial charge in [0, 0.05) is 51.4 Å². The Morgan fingerprint density at radius 1 is 1.10 bits per heavy atom. The molecule has 10 heavy (non-hydrogen) atoms. The molecule has 0 amide bonds. The van der Waals surface area contributed by atoms with Gasteiger partial charge < -0.3 is 0 Å². The standard InChI is InChI=1S/C9H10.K/c1-2-6-9-7-4-3-5-8-9;/h2-8H,1H3;. The molecular weight excluding hydrogens is 147 g/mol. The Labute approximate surface area is 105 Å². The normalized spacial score (nSPS) is 9.30. The minimum Gasteiger partial charge on any atom is -0.0871 e. The van der Waals surface area contributed by atoms with E-state index < -0.39 is 0 Å². The number of benzene rings is 1. The van der Waals surface area contributed by atoms with Crippen molar-refractivity contribution in [1.82, 2.24) is 0 Å². The smallest absolute Gasteiger partial charge is 0 e. The van der Waals surface area contributed by atoms with Gasteiger partial charge in [0.2, 0.25) is 0 Å². The van der Waals surface area contributed by atoms with E-state index in [1.165, 1.54) is 5.56 Å². The second-order valence-electron chi connectivity index (χ2n) is 1.91. The molecule has 0 saturated carbocycles. The predicted molar refractivity (Wildman–Crippen MR) is 46.9 cm³/mol. The van der Waals surface area contributed by atoms with Crippen LogP contribution in [0.15, 0.2) is 36.4 Å². The van der Waals surface area contributed by atoms with E-state index >= 15 is 0 Å². The minimum atomic E-state index is 0. The largest absolute Gasteiger partial charge is 0.0871 e. The predicted octanol–water partition coefficient (Wildman–Crippen LogP) is 2.34.